The Morgan fingerprint density at radius 2 is 0.857 bits per heavy atom. The molecule has 0 atom stereocenters. The van der Waals surface area contributed by atoms with E-state index in [2.05, 4.69) is 264 Å². The van der Waals surface area contributed by atoms with Crippen LogP contribution in [0.3, 0.4) is 0 Å². The van der Waals surface area contributed by atoms with Gasteiger partial charge in [0.1, 0.15) is 11.2 Å². The van der Waals surface area contributed by atoms with Gasteiger partial charge in [-0.1, -0.05) is 182 Å². The van der Waals surface area contributed by atoms with Gasteiger partial charge in [0, 0.05) is 49.9 Å². The number of hydrogen-bond donors (Lipinski definition) is 0. The van der Waals surface area contributed by atoms with E-state index in [1.807, 2.05) is 0 Å². The predicted octanol–water partition coefficient (Wildman–Crippen LogP) is 17.8. The molecule has 13 aromatic rings. The van der Waals surface area contributed by atoms with E-state index in [1.54, 1.807) is 0 Å². The molecule has 0 bridgehead atoms. The second-order valence-electron chi connectivity index (χ2n) is 18.7. The molecule has 0 aliphatic heterocycles. The van der Waals surface area contributed by atoms with Crippen LogP contribution in [0.2, 0.25) is 0 Å². The summed E-state index contributed by atoms with van der Waals surface area (Å²) in [5.41, 5.74) is 23.1. The monoisotopic (exact) mass is 890 g/mol. The number of benzene rings is 11. The highest BCUT2D eigenvalue weighted by Crippen LogP contribution is 2.63. The molecule has 70 heavy (non-hydrogen) atoms. The van der Waals surface area contributed by atoms with Crippen molar-refractivity contribution in [1.82, 2.24) is 4.57 Å². The largest absolute Gasteiger partial charge is 0.455 e. The molecule has 0 amide bonds. The molecule has 0 saturated carbocycles. The van der Waals surface area contributed by atoms with Crippen LogP contribution < -0.4 is 4.90 Å². The molecule has 0 saturated heterocycles. The van der Waals surface area contributed by atoms with Crippen molar-refractivity contribution in [2.24, 2.45) is 0 Å². The highest BCUT2D eigenvalue weighted by atomic mass is 16.3. The lowest BCUT2D eigenvalue weighted by Gasteiger charge is -2.32. The minimum absolute atomic E-state index is 0.463. The molecule has 0 unspecified atom stereocenters. The van der Waals surface area contributed by atoms with Crippen LogP contribution in [0.25, 0.3) is 93.9 Å². The summed E-state index contributed by atoms with van der Waals surface area (Å²) in [7, 11) is 0. The maximum atomic E-state index is 6.58. The van der Waals surface area contributed by atoms with E-state index in [4.69, 9.17) is 4.42 Å². The zero-order valence-electron chi connectivity index (χ0n) is 38.1. The van der Waals surface area contributed by atoms with Gasteiger partial charge in [-0.3, -0.25) is 0 Å². The summed E-state index contributed by atoms with van der Waals surface area (Å²) in [6, 6.07) is 93.5. The third-order valence-corrected chi connectivity index (χ3v) is 15.2. The van der Waals surface area contributed by atoms with Crippen molar-refractivity contribution in [1.29, 1.82) is 0 Å². The SMILES string of the molecule is c1ccc(-c2cccc3c2oc2ccc(-c4ccc(N(c5ccc6c(c5)C5(c7ccccc7-c7ccccc75)c5ccccc5-6)c5ccc6c(c5)c5ccccc5n6-c5ccccc5)cc4)cc23)cc1. The Labute approximate surface area is 405 Å². The van der Waals surface area contributed by atoms with Crippen molar-refractivity contribution in [2.45, 2.75) is 5.41 Å². The van der Waals surface area contributed by atoms with Gasteiger partial charge in [0.2, 0.25) is 0 Å². The van der Waals surface area contributed by atoms with Gasteiger partial charge in [0.25, 0.3) is 0 Å². The summed E-state index contributed by atoms with van der Waals surface area (Å²) in [6.07, 6.45) is 0. The Kier molecular flexibility index (Phi) is 8.28. The van der Waals surface area contributed by atoms with Crippen molar-refractivity contribution in [2.75, 3.05) is 4.90 Å². The summed E-state index contributed by atoms with van der Waals surface area (Å²) in [5, 5.41) is 4.66. The average Bonchev–Trinajstić information content (AvgIpc) is 4.15. The molecule has 2 aliphatic rings. The molecular formula is C67H42N2O. The Bertz CT molecular complexity index is 4170. The zero-order chi connectivity index (χ0) is 45.9. The molecule has 3 heteroatoms. The first-order valence-electron chi connectivity index (χ1n) is 24.2. The van der Waals surface area contributed by atoms with E-state index < -0.39 is 5.41 Å². The highest BCUT2D eigenvalue weighted by molar-refractivity contribution is 6.12. The number of hydrogen-bond acceptors (Lipinski definition) is 2. The quantitative estimate of drug-likeness (QED) is 0.166. The Morgan fingerprint density at radius 3 is 1.59 bits per heavy atom. The third kappa shape index (κ3) is 5.46. The maximum absolute atomic E-state index is 6.58. The second kappa shape index (κ2) is 14.9. The number of anilines is 3. The van der Waals surface area contributed by atoms with Gasteiger partial charge in [0.05, 0.1) is 16.4 Å². The molecule has 0 fully saturated rings. The molecule has 0 radical (unpaired) electrons. The van der Waals surface area contributed by atoms with Gasteiger partial charge in [0.15, 0.2) is 0 Å². The smallest absolute Gasteiger partial charge is 0.143 e. The topological polar surface area (TPSA) is 21.3 Å². The van der Waals surface area contributed by atoms with Crippen molar-refractivity contribution < 1.29 is 4.42 Å². The van der Waals surface area contributed by atoms with Gasteiger partial charge < -0.3 is 13.9 Å². The number of nitrogens with zero attached hydrogens (tertiary/aromatic N) is 2. The normalized spacial score (nSPS) is 13.0. The second-order valence-corrected chi connectivity index (χ2v) is 18.7. The Balaban J connectivity index is 0.922. The molecule has 2 heterocycles. The van der Waals surface area contributed by atoms with E-state index in [0.717, 1.165) is 66.9 Å². The van der Waals surface area contributed by atoms with E-state index in [9.17, 15) is 0 Å². The molecule has 326 valence electrons. The van der Waals surface area contributed by atoms with Gasteiger partial charge in [-0.15, -0.1) is 0 Å². The van der Waals surface area contributed by atoms with Crippen molar-refractivity contribution in [3.05, 3.63) is 277 Å². The van der Waals surface area contributed by atoms with Crippen LogP contribution >= 0.6 is 0 Å². The van der Waals surface area contributed by atoms with Crippen LogP contribution in [0.5, 0.6) is 0 Å². The molecule has 0 N–H and O–H groups in total. The minimum atomic E-state index is -0.463. The van der Waals surface area contributed by atoms with Crippen LogP contribution in [0.15, 0.2) is 259 Å². The average molecular weight is 891 g/mol. The summed E-state index contributed by atoms with van der Waals surface area (Å²) in [6.45, 7) is 0. The fourth-order valence-corrected chi connectivity index (χ4v) is 12.3. The predicted molar refractivity (Wildman–Crippen MR) is 290 cm³/mol. The maximum Gasteiger partial charge on any atom is 0.143 e. The lowest BCUT2D eigenvalue weighted by atomic mass is 9.70. The number of fused-ring (bicyclic) bond motifs is 16. The van der Waals surface area contributed by atoms with Crippen molar-refractivity contribution in [3.8, 4) is 50.2 Å². The first-order chi connectivity index (χ1) is 34.7. The Morgan fingerprint density at radius 1 is 0.314 bits per heavy atom. The number of para-hydroxylation sites is 3. The van der Waals surface area contributed by atoms with Gasteiger partial charge >= 0.3 is 0 Å². The van der Waals surface area contributed by atoms with Crippen LogP contribution in [-0.4, -0.2) is 4.57 Å². The van der Waals surface area contributed by atoms with E-state index >= 15 is 0 Å². The van der Waals surface area contributed by atoms with E-state index in [1.165, 1.54) is 66.3 Å². The number of rotatable bonds is 6. The number of aromatic nitrogens is 1. The molecule has 2 aromatic heterocycles. The molecule has 1 spiro atoms. The fraction of sp³-hybridized carbons (Fsp3) is 0.0149. The third-order valence-electron chi connectivity index (χ3n) is 15.2. The van der Waals surface area contributed by atoms with Gasteiger partial charge in [-0.2, -0.15) is 0 Å². The number of furan rings is 1. The Hall–Kier alpha value is -9.18. The summed E-state index contributed by atoms with van der Waals surface area (Å²) in [4.78, 5) is 2.46. The van der Waals surface area contributed by atoms with Crippen LogP contribution in [0, 0.1) is 0 Å². The summed E-state index contributed by atoms with van der Waals surface area (Å²) >= 11 is 0. The van der Waals surface area contributed by atoms with Crippen molar-refractivity contribution in [3.63, 3.8) is 0 Å². The summed E-state index contributed by atoms with van der Waals surface area (Å²) < 4.78 is 8.97. The standard InChI is InChI=1S/C67H42N2O/c1-3-16-44(17-4-1)50-24-15-25-56-58-40-45(32-39-65(58)70-66(50)56)43-30-33-47(34-31-43)68(48-36-38-64-57(41-48)55-23-10-14-29-63(55)69(64)46-18-5-2-6-19-46)49-35-37-54-53-22-9-13-28-61(53)67(62(54)42-49)59-26-11-7-20-51(59)52-21-8-12-27-60(52)67/h1-42H. The first-order valence-corrected chi connectivity index (χ1v) is 24.2. The summed E-state index contributed by atoms with van der Waals surface area (Å²) in [5.74, 6) is 0. The van der Waals surface area contributed by atoms with Gasteiger partial charge in [-0.05, 0) is 134 Å². The van der Waals surface area contributed by atoms with Crippen molar-refractivity contribution >= 4 is 60.8 Å². The minimum Gasteiger partial charge on any atom is -0.455 e. The zero-order valence-corrected chi connectivity index (χ0v) is 38.1. The fourth-order valence-electron chi connectivity index (χ4n) is 12.3. The van der Waals surface area contributed by atoms with Gasteiger partial charge in [-0.25, -0.2) is 0 Å². The lowest BCUT2D eigenvalue weighted by molar-refractivity contribution is 0.670. The van der Waals surface area contributed by atoms with Crippen LogP contribution in [0.4, 0.5) is 17.1 Å². The van der Waals surface area contributed by atoms with Crippen LogP contribution in [-0.2, 0) is 5.41 Å². The van der Waals surface area contributed by atoms with E-state index in [-0.39, 0.29) is 0 Å². The molecule has 15 rings (SSSR count). The van der Waals surface area contributed by atoms with Crippen LogP contribution in [0.1, 0.15) is 22.3 Å². The molecule has 3 nitrogen and oxygen atoms in total. The first kappa shape index (κ1) is 38.9. The highest BCUT2D eigenvalue weighted by Gasteiger charge is 2.51. The molecule has 11 aromatic carbocycles. The van der Waals surface area contributed by atoms with E-state index in [0.29, 0.717) is 0 Å². The lowest BCUT2D eigenvalue weighted by Crippen LogP contribution is -2.26. The molecular weight excluding hydrogens is 849 g/mol. The molecule has 2 aliphatic carbocycles.